The van der Waals surface area contributed by atoms with E-state index in [0.717, 1.165) is 16.5 Å². The highest BCUT2D eigenvalue weighted by atomic mass is 16.4. The highest BCUT2D eigenvalue weighted by molar-refractivity contribution is 6.07. The van der Waals surface area contributed by atoms with Gasteiger partial charge in [0.05, 0.1) is 29.7 Å². The molecule has 0 spiro atoms. The highest BCUT2D eigenvalue weighted by Crippen LogP contribution is 2.38. The van der Waals surface area contributed by atoms with Crippen molar-refractivity contribution in [2.45, 2.75) is 52.6 Å². The Bertz CT molecular complexity index is 1390. The van der Waals surface area contributed by atoms with Crippen molar-refractivity contribution >= 4 is 27.8 Å². The fraction of sp³-hybridized carbons (Fsp3) is 0.333. The second-order valence-corrected chi connectivity index (χ2v) is 9.57. The normalized spacial score (nSPS) is 12.9. The van der Waals surface area contributed by atoms with Gasteiger partial charge in [0.1, 0.15) is 11.2 Å². The van der Waals surface area contributed by atoms with Crippen molar-refractivity contribution in [2.24, 2.45) is 0 Å². The Hall–Kier alpha value is -3.38. The number of benzene rings is 2. The minimum absolute atomic E-state index is 0.0530. The third kappa shape index (κ3) is 4.31. The van der Waals surface area contributed by atoms with Gasteiger partial charge in [-0.3, -0.25) is 4.79 Å². The molecule has 1 amide bonds. The predicted octanol–water partition coefficient (Wildman–Crippen LogP) is 4.85. The monoisotopic (exact) mass is 447 g/mol. The molecule has 0 fully saturated rings. The molecule has 1 atom stereocenters. The van der Waals surface area contributed by atoms with Crippen molar-refractivity contribution in [2.75, 3.05) is 6.54 Å². The summed E-state index contributed by atoms with van der Waals surface area (Å²) in [6.45, 7) is 10.2. The van der Waals surface area contributed by atoms with Crippen LogP contribution in [0, 0.1) is 13.8 Å². The Morgan fingerprint density at radius 1 is 1.12 bits per heavy atom. The number of hydrogen-bond acceptors (Lipinski definition) is 5. The van der Waals surface area contributed by atoms with Crippen molar-refractivity contribution in [3.8, 4) is 0 Å². The zero-order chi connectivity index (χ0) is 23.9. The summed E-state index contributed by atoms with van der Waals surface area (Å²) in [5, 5.41) is 14.7. The first-order chi connectivity index (χ1) is 15.6. The van der Waals surface area contributed by atoms with Gasteiger partial charge in [-0.2, -0.15) is 0 Å². The van der Waals surface area contributed by atoms with Gasteiger partial charge in [-0.05, 0) is 42.0 Å². The molecule has 2 aromatic heterocycles. The minimum Gasteiger partial charge on any atom is -0.463 e. The first kappa shape index (κ1) is 22.8. The van der Waals surface area contributed by atoms with Crippen LogP contribution in [-0.2, 0) is 16.6 Å². The standard InChI is InChI=1S/C27H29NO5/c1-15-11-21-24(25-23(15)19(14-32-25)27(3,4)5)16(2)18(26(31)33-21)12-22(30)28-13-20(29)17-9-7-6-8-10-17/h6-11,14,20,29H,12-13H2,1-5H3,(H,28,30)/t20-/m1/s1. The smallest absolute Gasteiger partial charge is 0.340 e. The van der Waals surface area contributed by atoms with Gasteiger partial charge in [-0.25, -0.2) is 4.79 Å². The Labute approximate surface area is 192 Å². The zero-order valence-electron chi connectivity index (χ0n) is 19.6. The molecule has 0 saturated carbocycles. The number of hydrogen-bond donors (Lipinski definition) is 2. The van der Waals surface area contributed by atoms with Gasteiger partial charge in [0, 0.05) is 17.5 Å². The predicted molar refractivity (Wildman–Crippen MR) is 129 cm³/mol. The first-order valence-electron chi connectivity index (χ1n) is 11.0. The molecule has 0 bridgehead atoms. The van der Waals surface area contributed by atoms with Crippen LogP contribution in [0.2, 0.25) is 0 Å². The van der Waals surface area contributed by atoms with Crippen molar-refractivity contribution in [3.63, 3.8) is 0 Å². The lowest BCUT2D eigenvalue weighted by molar-refractivity contribution is -0.120. The zero-order valence-corrected chi connectivity index (χ0v) is 19.6. The van der Waals surface area contributed by atoms with Gasteiger partial charge in [0.15, 0.2) is 0 Å². The van der Waals surface area contributed by atoms with Gasteiger partial charge >= 0.3 is 5.63 Å². The average Bonchev–Trinajstić information content (AvgIpc) is 3.21. The summed E-state index contributed by atoms with van der Waals surface area (Å²) in [4.78, 5) is 25.4. The quantitative estimate of drug-likeness (QED) is 0.427. The first-order valence-corrected chi connectivity index (χ1v) is 11.0. The number of amides is 1. The Balaban J connectivity index is 1.68. The van der Waals surface area contributed by atoms with Crippen LogP contribution in [0.5, 0.6) is 0 Å². The lowest BCUT2D eigenvalue weighted by Gasteiger charge is -2.17. The van der Waals surface area contributed by atoms with Crippen LogP contribution in [0.15, 0.2) is 56.3 Å². The van der Waals surface area contributed by atoms with E-state index in [1.807, 2.05) is 38.1 Å². The number of nitrogens with one attached hydrogen (secondary N) is 1. The third-order valence-corrected chi connectivity index (χ3v) is 6.11. The number of aliphatic hydroxyl groups is 1. The van der Waals surface area contributed by atoms with Crippen LogP contribution in [0.25, 0.3) is 21.9 Å². The molecule has 2 N–H and O–H groups in total. The summed E-state index contributed by atoms with van der Waals surface area (Å²) >= 11 is 0. The van der Waals surface area contributed by atoms with Crippen molar-refractivity contribution in [1.29, 1.82) is 0 Å². The molecule has 0 radical (unpaired) electrons. The Kier molecular flexibility index (Phi) is 5.89. The van der Waals surface area contributed by atoms with E-state index >= 15 is 0 Å². The molecule has 6 nitrogen and oxygen atoms in total. The number of carbonyl (C=O) groups excluding carboxylic acids is 1. The summed E-state index contributed by atoms with van der Waals surface area (Å²) in [5.74, 6) is -0.363. The fourth-order valence-electron chi connectivity index (χ4n) is 4.27. The molecular formula is C27H29NO5. The topological polar surface area (TPSA) is 92.7 Å². The average molecular weight is 448 g/mol. The number of fused-ring (bicyclic) bond motifs is 3. The summed E-state index contributed by atoms with van der Waals surface area (Å²) in [6.07, 6.45) is 0.790. The summed E-state index contributed by atoms with van der Waals surface area (Å²) in [7, 11) is 0. The number of rotatable bonds is 5. The lowest BCUT2D eigenvalue weighted by Crippen LogP contribution is -2.31. The number of carbonyl (C=O) groups is 1. The SMILES string of the molecule is Cc1cc2oc(=O)c(CC(=O)NC[C@@H](O)c3ccccc3)c(C)c2c2occ(C(C)(C)C)c12. The molecule has 4 rings (SSSR count). The maximum Gasteiger partial charge on any atom is 0.340 e. The summed E-state index contributed by atoms with van der Waals surface area (Å²) in [5.41, 5.74) is 4.17. The van der Waals surface area contributed by atoms with E-state index in [1.54, 1.807) is 18.4 Å². The van der Waals surface area contributed by atoms with E-state index in [-0.39, 0.29) is 29.9 Å². The van der Waals surface area contributed by atoms with Crippen LogP contribution in [0.3, 0.4) is 0 Å². The van der Waals surface area contributed by atoms with Crippen molar-refractivity contribution in [1.82, 2.24) is 5.32 Å². The van der Waals surface area contributed by atoms with E-state index in [4.69, 9.17) is 8.83 Å². The molecule has 0 saturated heterocycles. The molecule has 4 aromatic rings. The van der Waals surface area contributed by atoms with Crippen LogP contribution < -0.4 is 10.9 Å². The van der Waals surface area contributed by atoms with Gasteiger partial charge < -0.3 is 19.3 Å². The maximum absolute atomic E-state index is 12.7. The van der Waals surface area contributed by atoms with Gasteiger partial charge in [-0.1, -0.05) is 51.1 Å². The van der Waals surface area contributed by atoms with Gasteiger partial charge in [0.25, 0.3) is 0 Å². The number of aliphatic hydroxyl groups excluding tert-OH is 1. The van der Waals surface area contributed by atoms with E-state index in [2.05, 4.69) is 26.1 Å². The van der Waals surface area contributed by atoms with Crippen LogP contribution in [-0.4, -0.2) is 17.6 Å². The van der Waals surface area contributed by atoms with Crippen LogP contribution in [0.1, 0.15) is 54.7 Å². The highest BCUT2D eigenvalue weighted by Gasteiger charge is 2.25. The third-order valence-electron chi connectivity index (χ3n) is 6.11. The summed E-state index contributed by atoms with van der Waals surface area (Å²) < 4.78 is 11.6. The number of aryl methyl sites for hydroxylation is 2. The van der Waals surface area contributed by atoms with Crippen molar-refractivity contribution in [3.05, 3.63) is 80.9 Å². The van der Waals surface area contributed by atoms with E-state index in [9.17, 15) is 14.7 Å². The summed E-state index contributed by atoms with van der Waals surface area (Å²) in [6, 6.07) is 11.0. The van der Waals surface area contributed by atoms with Crippen LogP contribution in [0.4, 0.5) is 0 Å². The van der Waals surface area contributed by atoms with Crippen molar-refractivity contribution < 1.29 is 18.7 Å². The van der Waals surface area contributed by atoms with E-state index in [1.165, 1.54) is 0 Å². The number of furan rings is 1. The van der Waals surface area contributed by atoms with E-state index < -0.39 is 11.7 Å². The molecule has 2 aromatic carbocycles. The largest absolute Gasteiger partial charge is 0.463 e. The molecule has 0 unspecified atom stereocenters. The molecule has 2 heterocycles. The second-order valence-electron chi connectivity index (χ2n) is 9.57. The van der Waals surface area contributed by atoms with Gasteiger partial charge in [-0.15, -0.1) is 0 Å². The fourth-order valence-corrected chi connectivity index (χ4v) is 4.27. The molecule has 0 aliphatic carbocycles. The maximum atomic E-state index is 12.7. The molecule has 6 heteroatoms. The van der Waals surface area contributed by atoms with Crippen LogP contribution >= 0.6 is 0 Å². The van der Waals surface area contributed by atoms with Gasteiger partial charge in [0.2, 0.25) is 5.91 Å². The Morgan fingerprint density at radius 2 is 1.82 bits per heavy atom. The van der Waals surface area contributed by atoms with E-state index in [0.29, 0.717) is 27.7 Å². The second kappa shape index (κ2) is 8.52. The molecule has 33 heavy (non-hydrogen) atoms. The molecule has 172 valence electrons. The lowest BCUT2D eigenvalue weighted by atomic mass is 9.85. The Morgan fingerprint density at radius 3 is 2.48 bits per heavy atom. The molecular weight excluding hydrogens is 418 g/mol. The molecule has 0 aliphatic heterocycles. The molecule has 0 aliphatic rings. The minimum atomic E-state index is -0.828.